The van der Waals surface area contributed by atoms with Gasteiger partial charge in [0.15, 0.2) is 0 Å². The average Bonchev–Trinajstić information content (AvgIpc) is 3.00. The number of hydrogen-bond donors (Lipinski definition) is 0. The van der Waals surface area contributed by atoms with Crippen molar-refractivity contribution in [1.82, 2.24) is 0 Å². The van der Waals surface area contributed by atoms with Gasteiger partial charge in [0.1, 0.15) is 11.5 Å². The van der Waals surface area contributed by atoms with Crippen LogP contribution in [0.5, 0.6) is 5.75 Å². The normalized spacial score (nSPS) is 10.7. The first-order valence-corrected chi connectivity index (χ1v) is 7.79. The minimum Gasteiger partial charge on any atom is -0.497 e. The fourth-order valence-corrected chi connectivity index (χ4v) is 3.16. The number of methoxy groups -OCH3 is 1. The van der Waals surface area contributed by atoms with E-state index in [1.165, 1.54) is 0 Å². The zero-order chi connectivity index (χ0) is 14.7. The number of ketones is 1. The molecule has 0 fully saturated rings. The lowest BCUT2D eigenvalue weighted by Crippen LogP contribution is -2.06. The van der Waals surface area contributed by atoms with Crippen molar-refractivity contribution in [2.45, 2.75) is 12.8 Å². The monoisotopic (exact) mass is 296 g/mol. The molecule has 0 N–H and O–H groups in total. The van der Waals surface area contributed by atoms with Crippen molar-refractivity contribution in [2.75, 3.05) is 7.11 Å². The standard InChI is InChI=1S/C18H16O2S/c1-20-17-6-5-14-3-2-4-15(18(14)11-17)10-16(19)9-13-7-8-21-12-13/h2-8,11-12H,9-10H2,1H3. The molecule has 0 bridgehead atoms. The highest BCUT2D eigenvalue weighted by molar-refractivity contribution is 7.08. The van der Waals surface area contributed by atoms with Crippen LogP contribution in [0.3, 0.4) is 0 Å². The van der Waals surface area contributed by atoms with E-state index in [0.717, 1.165) is 27.6 Å². The van der Waals surface area contributed by atoms with Gasteiger partial charge in [-0.3, -0.25) is 4.79 Å². The van der Waals surface area contributed by atoms with Crippen molar-refractivity contribution in [1.29, 1.82) is 0 Å². The third-order valence-corrected chi connectivity index (χ3v) is 4.28. The Morgan fingerprint density at radius 2 is 2.05 bits per heavy atom. The summed E-state index contributed by atoms with van der Waals surface area (Å²) in [6.07, 6.45) is 0.963. The highest BCUT2D eigenvalue weighted by Gasteiger charge is 2.09. The van der Waals surface area contributed by atoms with Crippen LogP contribution in [0.15, 0.2) is 53.2 Å². The molecule has 106 valence electrons. The summed E-state index contributed by atoms with van der Waals surface area (Å²) in [5, 5.41) is 6.27. The minimum atomic E-state index is 0.240. The Balaban J connectivity index is 1.87. The molecule has 0 atom stereocenters. The van der Waals surface area contributed by atoms with Gasteiger partial charge in [0.05, 0.1) is 7.11 Å². The Morgan fingerprint density at radius 3 is 2.81 bits per heavy atom. The molecule has 0 spiro atoms. The molecule has 0 aliphatic rings. The van der Waals surface area contributed by atoms with Crippen LogP contribution in [0, 0.1) is 0 Å². The summed E-state index contributed by atoms with van der Waals surface area (Å²) in [6, 6.07) is 14.1. The fraction of sp³-hybridized carbons (Fsp3) is 0.167. The fourth-order valence-electron chi connectivity index (χ4n) is 2.49. The van der Waals surface area contributed by atoms with E-state index >= 15 is 0 Å². The molecular formula is C18H16O2S. The molecule has 3 aromatic rings. The van der Waals surface area contributed by atoms with Crippen LogP contribution >= 0.6 is 11.3 Å². The Kier molecular flexibility index (Phi) is 4.02. The van der Waals surface area contributed by atoms with Crippen LogP contribution in [0.2, 0.25) is 0 Å². The second-order valence-corrected chi connectivity index (χ2v) is 5.81. The van der Waals surface area contributed by atoms with Gasteiger partial charge >= 0.3 is 0 Å². The summed E-state index contributed by atoms with van der Waals surface area (Å²) in [6.45, 7) is 0. The van der Waals surface area contributed by atoms with E-state index in [9.17, 15) is 4.79 Å². The van der Waals surface area contributed by atoms with E-state index in [4.69, 9.17) is 4.74 Å². The predicted molar refractivity (Wildman–Crippen MR) is 87.2 cm³/mol. The second kappa shape index (κ2) is 6.10. The second-order valence-electron chi connectivity index (χ2n) is 5.03. The van der Waals surface area contributed by atoms with Crippen LogP contribution in [0.25, 0.3) is 10.8 Å². The van der Waals surface area contributed by atoms with Crippen molar-refractivity contribution >= 4 is 27.9 Å². The van der Waals surface area contributed by atoms with Crippen molar-refractivity contribution in [3.8, 4) is 5.75 Å². The summed E-state index contributed by atoms with van der Waals surface area (Å²) in [5.41, 5.74) is 2.16. The summed E-state index contributed by atoms with van der Waals surface area (Å²) in [5.74, 6) is 1.06. The quantitative estimate of drug-likeness (QED) is 0.703. The Bertz CT molecular complexity index is 760. The third kappa shape index (κ3) is 3.14. The number of rotatable bonds is 5. The van der Waals surface area contributed by atoms with Crippen LogP contribution < -0.4 is 4.74 Å². The number of thiophene rings is 1. The van der Waals surface area contributed by atoms with Crippen LogP contribution in [-0.4, -0.2) is 12.9 Å². The number of hydrogen-bond acceptors (Lipinski definition) is 3. The topological polar surface area (TPSA) is 26.3 Å². The molecule has 0 saturated carbocycles. The third-order valence-electron chi connectivity index (χ3n) is 3.55. The number of Topliss-reactive ketones (excluding diaryl/α,β-unsaturated/α-hetero) is 1. The molecule has 0 aliphatic heterocycles. The SMILES string of the molecule is COc1ccc2cccc(CC(=O)Cc3ccsc3)c2c1. The highest BCUT2D eigenvalue weighted by atomic mass is 32.1. The molecule has 3 rings (SSSR count). The molecule has 2 nitrogen and oxygen atoms in total. The number of carbonyl (C=O) groups is 1. The Labute approximate surface area is 128 Å². The number of carbonyl (C=O) groups excluding carboxylic acids is 1. The van der Waals surface area contributed by atoms with Crippen molar-refractivity contribution in [3.63, 3.8) is 0 Å². The van der Waals surface area contributed by atoms with E-state index in [0.29, 0.717) is 12.8 Å². The predicted octanol–water partition coefficient (Wildman–Crippen LogP) is 4.26. The van der Waals surface area contributed by atoms with Crippen LogP contribution in [0.4, 0.5) is 0 Å². The zero-order valence-electron chi connectivity index (χ0n) is 11.8. The molecule has 0 unspecified atom stereocenters. The maximum absolute atomic E-state index is 12.3. The highest BCUT2D eigenvalue weighted by Crippen LogP contribution is 2.24. The zero-order valence-corrected chi connectivity index (χ0v) is 12.7. The molecule has 0 amide bonds. The van der Waals surface area contributed by atoms with E-state index in [1.807, 2.05) is 47.2 Å². The first-order chi connectivity index (χ1) is 10.3. The van der Waals surface area contributed by atoms with Gasteiger partial charge in [-0.2, -0.15) is 11.3 Å². The van der Waals surface area contributed by atoms with E-state index in [2.05, 4.69) is 6.07 Å². The maximum Gasteiger partial charge on any atom is 0.141 e. The molecule has 1 heterocycles. The van der Waals surface area contributed by atoms with Crippen LogP contribution in [-0.2, 0) is 17.6 Å². The van der Waals surface area contributed by atoms with Crippen molar-refractivity contribution < 1.29 is 9.53 Å². The van der Waals surface area contributed by atoms with Crippen LogP contribution in [0.1, 0.15) is 11.1 Å². The molecule has 0 saturated heterocycles. The lowest BCUT2D eigenvalue weighted by Gasteiger charge is -2.08. The Morgan fingerprint density at radius 1 is 1.14 bits per heavy atom. The summed E-state index contributed by atoms with van der Waals surface area (Å²) < 4.78 is 5.28. The number of ether oxygens (including phenoxy) is 1. The minimum absolute atomic E-state index is 0.240. The molecule has 21 heavy (non-hydrogen) atoms. The molecule has 3 heteroatoms. The maximum atomic E-state index is 12.3. The molecular weight excluding hydrogens is 280 g/mol. The first kappa shape index (κ1) is 13.8. The molecule has 0 aliphatic carbocycles. The van der Waals surface area contributed by atoms with Gasteiger partial charge < -0.3 is 4.74 Å². The largest absolute Gasteiger partial charge is 0.497 e. The van der Waals surface area contributed by atoms with E-state index in [-0.39, 0.29) is 5.78 Å². The van der Waals surface area contributed by atoms with Gasteiger partial charge in [-0.05, 0) is 50.9 Å². The molecule has 0 radical (unpaired) electrons. The van der Waals surface area contributed by atoms with Gasteiger partial charge in [-0.15, -0.1) is 0 Å². The Hall–Kier alpha value is -2.13. The van der Waals surface area contributed by atoms with E-state index < -0.39 is 0 Å². The van der Waals surface area contributed by atoms with Gasteiger partial charge in [-0.25, -0.2) is 0 Å². The lowest BCUT2D eigenvalue weighted by molar-refractivity contribution is -0.117. The molecule has 2 aromatic carbocycles. The van der Waals surface area contributed by atoms with Gasteiger partial charge in [0.25, 0.3) is 0 Å². The lowest BCUT2D eigenvalue weighted by atomic mass is 9.98. The summed E-state index contributed by atoms with van der Waals surface area (Å²) in [4.78, 5) is 12.3. The molecule has 1 aromatic heterocycles. The van der Waals surface area contributed by atoms with Crippen molar-refractivity contribution in [3.05, 3.63) is 64.4 Å². The summed E-state index contributed by atoms with van der Waals surface area (Å²) in [7, 11) is 1.66. The van der Waals surface area contributed by atoms with Gasteiger partial charge in [-0.1, -0.05) is 24.3 Å². The average molecular weight is 296 g/mol. The van der Waals surface area contributed by atoms with E-state index in [1.54, 1.807) is 18.4 Å². The number of benzene rings is 2. The van der Waals surface area contributed by atoms with Gasteiger partial charge in [0.2, 0.25) is 0 Å². The van der Waals surface area contributed by atoms with Gasteiger partial charge in [0, 0.05) is 12.8 Å². The smallest absolute Gasteiger partial charge is 0.141 e. The number of fused-ring (bicyclic) bond motifs is 1. The summed E-state index contributed by atoms with van der Waals surface area (Å²) >= 11 is 1.63. The van der Waals surface area contributed by atoms with Crippen molar-refractivity contribution in [2.24, 2.45) is 0 Å². The first-order valence-electron chi connectivity index (χ1n) is 6.84.